The first-order chi connectivity index (χ1) is 52.2. The molecule has 630 valence electrons. The van der Waals surface area contributed by atoms with E-state index >= 15 is 0 Å². The number of phosphoric acid groups is 2. The molecule has 0 aliphatic carbocycles. The number of rotatable bonds is 76. The Morgan fingerprint density at radius 3 is 1.07 bits per heavy atom. The smallest absolute Gasteiger partial charge is 1.00 e. The Hall–Kier alpha value is -2.42. The summed E-state index contributed by atoms with van der Waals surface area (Å²) in [5, 5.41) is 32.0. The molecule has 8 atom stereocenters. The van der Waals surface area contributed by atoms with E-state index in [2.05, 4.69) is 87.1 Å². The standard InChI is InChI=1S/C82H148N4O20P2.2Na.2H/c1-7-13-19-25-27-29-31-37-43-52-79(91)105-75(50-41-35-23-17-11-5)63-77(89)85-71(65-99-58-54-73(87)48-39-33-21-15-9-3)67-103-107(95,96)101-60-56-83-81(93)69-46-45-47-70(62-69)82(94)84-57-61-102-108(97,98)104-68-72(66-100-59-55-74(88)49-40-34-22-16-10-4)86-78(90)64-76(51-42-36-24-18-12-6)106-80(92)53-44-38-32-30-28-26-20-14-8-2;;;;/h29-32,45-47,62,71-76,87-88H,7-28,33-44,48-61,63-68H2,1-6H3,(H,83,93)(H,84,94)(H,85,89)(H,86,90)(H,95,96)(H,97,98);;;;/q;2*+1;2*-1/b31-29-,32-30-;;;;/t71?,72?,73-,74-,75-,76-;;;;/m1..../s1. The number of hydrogen-bond donors (Lipinski definition) is 8. The van der Waals surface area contributed by atoms with Crippen molar-refractivity contribution in [2.75, 3.05) is 65.9 Å². The van der Waals surface area contributed by atoms with Crippen LogP contribution in [-0.4, -0.2) is 158 Å². The molecule has 28 heteroatoms. The van der Waals surface area contributed by atoms with Crippen molar-refractivity contribution in [3.63, 3.8) is 0 Å². The number of allylic oxidation sites excluding steroid dienone is 4. The molecule has 0 spiro atoms. The predicted molar refractivity (Wildman–Crippen MR) is 430 cm³/mol. The summed E-state index contributed by atoms with van der Waals surface area (Å²) in [4.78, 5) is 102. The zero-order chi connectivity index (χ0) is 79.4. The maximum absolute atomic E-state index is 13.7. The molecule has 0 aliphatic heterocycles. The minimum Gasteiger partial charge on any atom is -1.00 e. The summed E-state index contributed by atoms with van der Waals surface area (Å²) in [5.74, 6) is -3.03. The fourth-order valence-corrected chi connectivity index (χ4v) is 13.4. The molecule has 110 heavy (non-hydrogen) atoms. The van der Waals surface area contributed by atoms with Crippen LogP contribution in [0.5, 0.6) is 0 Å². The van der Waals surface area contributed by atoms with E-state index in [1.807, 2.05) is 0 Å². The molecule has 0 saturated heterocycles. The van der Waals surface area contributed by atoms with E-state index in [0.717, 1.165) is 167 Å². The second kappa shape index (κ2) is 75.3. The van der Waals surface area contributed by atoms with Gasteiger partial charge in [0, 0.05) is 50.3 Å². The van der Waals surface area contributed by atoms with Crippen LogP contribution >= 0.6 is 15.6 Å². The maximum Gasteiger partial charge on any atom is 1.00 e. The summed E-state index contributed by atoms with van der Waals surface area (Å²) >= 11 is 0. The van der Waals surface area contributed by atoms with E-state index in [1.165, 1.54) is 62.8 Å². The maximum atomic E-state index is 13.7. The third-order valence-corrected chi connectivity index (χ3v) is 20.3. The molecule has 24 nitrogen and oxygen atoms in total. The third kappa shape index (κ3) is 66.7. The molecule has 0 saturated carbocycles. The quantitative estimate of drug-likeness (QED) is 0.00987. The Kier molecular flexibility index (Phi) is 75.1. The van der Waals surface area contributed by atoms with Crippen LogP contribution in [0.2, 0.25) is 0 Å². The van der Waals surface area contributed by atoms with Gasteiger partial charge in [0.2, 0.25) is 11.8 Å². The Morgan fingerprint density at radius 1 is 0.409 bits per heavy atom. The summed E-state index contributed by atoms with van der Waals surface area (Å²) in [6, 6.07) is 3.75. The fourth-order valence-electron chi connectivity index (χ4n) is 11.9. The van der Waals surface area contributed by atoms with Crippen LogP contribution in [0.25, 0.3) is 0 Å². The van der Waals surface area contributed by atoms with Crippen molar-refractivity contribution in [1.82, 2.24) is 21.3 Å². The third-order valence-electron chi connectivity index (χ3n) is 18.4. The van der Waals surface area contributed by atoms with E-state index in [-0.39, 0.29) is 150 Å². The molecule has 0 heterocycles. The number of carbonyl (C=O) groups excluding carboxylic acids is 6. The SMILES string of the molecule is CCCCCC/C=C\CCCC(=O)O[C@H](CCCCCCC)CC(=O)NC(COCC[C@H](O)CCCCCCC)COP(=O)(O)OCCNC(=O)c1cccc(C(=O)NCCOP(=O)(O)OCC(COCC[C@H](O)CCCCCCC)NC(=O)C[C@@H](CCCCCCC)OC(=O)CCC/C=C\CCCCCC)c1.[H-].[H-].[Na+].[Na+]. The largest absolute Gasteiger partial charge is 1.00 e. The second-order valence-corrected chi connectivity index (χ2v) is 31.6. The van der Waals surface area contributed by atoms with Gasteiger partial charge in [0.15, 0.2) is 0 Å². The summed E-state index contributed by atoms with van der Waals surface area (Å²) in [5.41, 5.74) is 0.110. The number of amides is 4. The fraction of sp³-hybridized carbons (Fsp3) is 0.805. The molecule has 0 aliphatic rings. The zero-order valence-corrected chi connectivity index (χ0v) is 75.3. The van der Waals surface area contributed by atoms with Gasteiger partial charge in [-0.25, -0.2) is 9.13 Å². The Morgan fingerprint density at radius 2 is 0.727 bits per heavy atom. The average molecular weight is 1620 g/mol. The van der Waals surface area contributed by atoms with E-state index in [0.29, 0.717) is 51.4 Å². The minimum absolute atomic E-state index is 0. The molecule has 1 aromatic rings. The number of aliphatic hydroxyl groups is 2. The van der Waals surface area contributed by atoms with Crippen LogP contribution in [0.4, 0.5) is 0 Å². The van der Waals surface area contributed by atoms with E-state index < -0.39 is 102 Å². The van der Waals surface area contributed by atoms with Crippen molar-refractivity contribution >= 4 is 51.2 Å². The van der Waals surface area contributed by atoms with Crippen molar-refractivity contribution in [3.05, 3.63) is 59.7 Å². The Balaban J connectivity index is -0.0000146. The molecule has 0 aromatic heterocycles. The topological polar surface area (TPSA) is 339 Å². The van der Waals surface area contributed by atoms with Gasteiger partial charge in [0.25, 0.3) is 11.8 Å². The van der Waals surface area contributed by atoms with Crippen molar-refractivity contribution in [2.24, 2.45) is 0 Å². The van der Waals surface area contributed by atoms with Crippen LogP contribution in [0.3, 0.4) is 0 Å². The van der Waals surface area contributed by atoms with Crippen LogP contribution in [-0.2, 0) is 65.4 Å². The van der Waals surface area contributed by atoms with Gasteiger partial charge in [-0.1, -0.05) is 226 Å². The van der Waals surface area contributed by atoms with Gasteiger partial charge < -0.3 is 63.1 Å². The van der Waals surface area contributed by atoms with Crippen molar-refractivity contribution in [3.8, 4) is 0 Å². The number of esters is 2. The van der Waals surface area contributed by atoms with Gasteiger partial charge in [0.1, 0.15) is 12.2 Å². The number of hydrogen-bond acceptors (Lipinski definition) is 18. The van der Waals surface area contributed by atoms with Gasteiger partial charge in [-0.05, 0) is 121 Å². The van der Waals surface area contributed by atoms with Crippen LogP contribution in [0.15, 0.2) is 48.6 Å². The molecule has 4 unspecified atom stereocenters. The molecule has 4 amide bonds. The van der Waals surface area contributed by atoms with E-state index in [9.17, 15) is 57.9 Å². The molecule has 1 aromatic carbocycles. The molecule has 8 N–H and O–H groups in total. The number of unbranched alkanes of at least 4 members (excludes halogenated alkanes) is 26. The second-order valence-electron chi connectivity index (χ2n) is 28.7. The monoisotopic (exact) mass is 1620 g/mol. The molecule has 0 radical (unpaired) electrons. The first-order valence-electron chi connectivity index (χ1n) is 41.9. The number of carbonyl (C=O) groups is 6. The number of nitrogens with one attached hydrogen (secondary N) is 4. The van der Waals surface area contributed by atoms with E-state index in [4.69, 9.17) is 37.0 Å². The minimum atomic E-state index is -4.80. The predicted octanol–water partition coefficient (Wildman–Crippen LogP) is 11.6. The number of ether oxygens (including phenoxy) is 4. The summed E-state index contributed by atoms with van der Waals surface area (Å²) < 4.78 is 71.1. The molecular formula is C82H150N4Na2O20P2. The summed E-state index contributed by atoms with van der Waals surface area (Å²) in [6.45, 7) is 10.4. The van der Waals surface area contributed by atoms with Crippen molar-refractivity contribution < 1.29 is 157 Å². The van der Waals surface area contributed by atoms with Gasteiger partial charge in [0.05, 0.1) is 76.8 Å². The number of benzene rings is 1. The first kappa shape index (κ1) is 110. The molecule has 0 bridgehead atoms. The van der Waals surface area contributed by atoms with Crippen LogP contribution in [0.1, 0.15) is 348 Å². The zero-order valence-electron chi connectivity index (χ0n) is 71.5. The molecule has 0 fully saturated rings. The van der Waals surface area contributed by atoms with Crippen molar-refractivity contribution in [2.45, 2.75) is 361 Å². The van der Waals surface area contributed by atoms with Crippen molar-refractivity contribution in [1.29, 1.82) is 0 Å². The van der Waals surface area contributed by atoms with Crippen LogP contribution < -0.4 is 80.4 Å². The normalized spacial score (nSPS) is 14.3. The summed E-state index contributed by atoms with van der Waals surface area (Å²) in [7, 11) is -9.61. The van der Waals surface area contributed by atoms with Gasteiger partial charge in [-0.3, -0.25) is 46.9 Å². The molecular weight excluding hydrogens is 1470 g/mol. The van der Waals surface area contributed by atoms with Gasteiger partial charge >= 0.3 is 86.7 Å². The Bertz CT molecular complexity index is 2460. The first-order valence-corrected chi connectivity index (χ1v) is 44.9. The average Bonchev–Trinajstić information content (AvgIpc) is 0.864. The molecule has 1 rings (SSSR count). The van der Waals surface area contributed by atoms with Crippen LogP contribution in [0, 0.1) is 0 Å². The van der Waals surface area contributed by atoms with Gasteiger partial charge in [-0.15, -0.1) is 0 Å². The number of aliphatic hydroxyl groups excluding tert-OH is 2. The summed E-state index contributed by atoms with van der Waals surface area (Å²) in [6.07, 6.45) is 43.5. The number of phosphoric ester groups is 2. The Labute approximate surface area is 710 Å². The van der Waals surface area contributed by atoms with E-state index in [1.54, 1.807) is 0 Å². The van der Waals surface area contributed by atoms with Gasteiger partial charge in [-0.2, -0.15) is 0 Å².